The normalized spacial score (nSPS) is 10.8. The zero-order chi connectivity index (χ0) is 12.5. The molecule has 2 nitrogen and oxygen atoms in total. The molecule has 0 bridgehead atoms. The minimum Gasteiger partial charge on any atom is -0.331 e. The summed E-state index contributed by atoms with van der Waals surface area (Å²) in [6, 6.07) is 13.9. The second-order valence-electron chi connectivity index (χ2n) is 3.77. The number of fused-ring (bicyclic) bond motifs is 1. The Morgan fingerprint density at radius 1 is 1.17 bits per heavy atom. The molecule has 18 heavy (non-hydrogen) atoms. The lowest BCUT2D eigenvalue weighted by atomic mass is 10.3. The van der Waals surface area contributed by atoms with Crippen molar-refractivity contribution in [2.45, 2.75) is 0 Å². The van der Waals surface area contributed by atoms with Gasteiger partial charge in [-0.1, -0.05) is 29.0 Å². The van der Waals surface area contributed by atoms with Crippen molar-refractivity contribution in [1.82, 2.24) is 4.98 Å². The summed E-state index contributed by atoms with van der Waals surface area (Å²) in [6.07, 6.45) is 0. The predicted molar refractivity (Wildman–Crippen MR) is 87.1 cm³/mol. The van der Waals surface area contributed by atoms with Gasteiger partial charge < -0.3 is 5.32 Å². The van der Waals surface area contributed by atoms with Gasteiger partial charge in [-0.15, -0.1) is 0 Å². The highest BCUT2D eigenvalue weighted by atomic mass is 127. The first-order chi connectivity index (χ1) is 8.70. The fourth-order valence-electron chi connectivity index (χ4n) is 1.64. The lowest BCUT2D eigenvalue weighted by Crippen LogP contribution is -1.88. The van der Waals surface area contributed by atoms with Crippen LogP contribution < -0.4 is 5.32 Å². The van der Waals surface area contributed by atoms with Crippen molar-refractivity contribution in [2.24, 2.45) is 0 Å². The third-order valence-corrected chi connectivity index (χ3v) is 4.27. The Balaban J connectivity index is 1.95. The summed E-state index contributed by atoms with van der Waals surface area (Å²) >= 11 is 9.86. The van der Waals surface area contributed by atoms with Crippen LogP contribution in [0.15, 0.2) is 42.5 Å². The van der Waals surface area contributed by atoms with Gasteiger partial charge >= 0.3 is 0 Å². The van der Waals surface area contributed by atoms with E-state index in [4.69, 9.17) is 11.6 Å². The standard InChI is InChI=1S/C13H8ClIN2S/c14-8-4-5-11-12(6-8)18-13(17-11)16-10-3-1-2-9(15)7-10/h1-7H,(H,16,17). The van der Waals surface area contributed by atoms with E-state index in [-0.39, 0.29) is 0 Å². The van der Waals surface area contributed by atoms with Gasteiger partial charge in [-0.2, -0.15) is 0 Å². The zero-order valence-electron chi connectivity index (χ0n) is 9.15. The minimum absolute atomic E-state index is 0.743. The third kappa shape index (κ3) is 2.60. The number of anilines is 2. The molecule has 1 aromatic heterocycles. The van der Waals surface area contributed by atoms with Gasteiger partial charge in [-0.25, -0.2) is 4.98 Å². The molecule has 1 heterocycles. The first-order valence-electron chi connectivity index (χ1n) is 5.29. The van der Waals surface area contributed by atoms with Crippen LogP contribution in [0.2, 0.25) is 5.02 Å². The van der Waals surface area contributed by atoms with Gasteiger partial charge in [-0.05, 0) is 59.0 Å². The average molecular weight is 387 g/mol. The Morgan fingerprint density at radius 3 is 2.89 bits per heavy atom. The van der Waals surface area contributed by atoms with Crippen molar-refractivity contribution in [1.29, 1.82) is 0 Å². The maximum absolute atomic E-state index is 5.97. The molecule has 0 unspecified atom stereocenters. The third-order valence-electron chi connectivity index (χ3n) is 2.43. The molecule has 0 fully saturated rings. The molecule has 3 aromatic rings. The molecule has 0 radical (unpaired) electrons. The van der Waals surface area contributed by atoms with Crippen molar-refractivity contribution in [2.75, 3.05) is 5.32 Å². The fourth-order valence-corrected chi connectivity index (χ4v) is 3.35. The lowest BCUT2D eigenvalue weighted by Gasteiger charge is -2.01. The molecule has 0 amide bonds. The molecule has 0 atom stereocenters. The van der Waals surface area contributed by atoms with Crippen molar-refractivity contribution < 1.29 is 0 Å². The fraction of sp³-hybridized carbons (Fsp3) is 0. The van der Waals surface area contributed by atoms with Crippen LogP contribution in [0.25, 0.3) is 10.2 Å². The summed E-state index contributed by atoms with van der Waals surface area (Å²) in [5, 5.41) is 4.94. The summed E-state index contributed by atoms with van der Waals surface area (Å²) in [7, 11) is 0. The Bertz CT molecular complexity index is 711. The molecule has 1 N–H and O–H groups in total. The van der Waals surface area contributed by atoms with Crippen molar-refractivity contribution in [3.63, 3.8) is 0 Å². The maximum atomic E-state index is 5.97. The van der Waals surface area contributed by atoms with E-state index in [1.54, 1.807) is 11.3 Å². The number of hydrogen-bond donors (Lipinski definition) is 1. The topological polar surface area (TPSA) is 24.9 Å². The summed E-state index contributed by atoms with van der Waals surface area (Å²) < 4.78 is 2.29. The van der Waals surface area contributed by atoms with Gasteiger partial charge in [0.15, 0.2) is 5.13 Å². The number of thiazole rings is 1. The van der Waals surface area contributed by atoms with Crippen molar-refractivity contribution >= 4 is 66.6 Å². The maximum Gasteiger partial charge on any atom is 0.188 e. The van der Waals surface area contributed by atoms with E-state index in [0.29, 0.717) is 0 Å². The largest absolute Gasteiger partial charge is 0.331 e. The smallest absolute Gasteiger partial charge is 0.188 e. The van der Waals surface area contributed by atoms with Crippen molar-refractivity contribution in [3.05, 3.63) is 51.1 Å². The second-order valence-corrected chi connectivity index (χ2v) is 6.48. The molecule has 0 aliphatic carbocycles. The molecule has 5 heteroatoms. The summed E-state index contributed by atoms with van der Waals surface area (Å²) in [4.78, 5) is 4.53. The van der Waals surface area contributed by atoms with E-state index in [0.717, 1.165) is 26.1 Å². The first-order valence-corrected chi connectivity index (χ1v) is 7.57. The Labute approximate surface area is 127 Å². The van der Waals surface area contributed by atoms with Crippen LogP contribution in [-0.2, 0) is 0 Å². The van der Waals surface area contributed by atoms with E-state index in [1.165, 1.54) is 3.57 Å². The van der Waals surface area contributed by atoms with E-state index < -0.39 is 0 Å². The van der Waals surface area contributed by atoms with E-state index in [2.05, 4.69) is 45.0 Å². The van der Waals surface area contributed by atoms with Crippen molar-refractivity contribution in [3.8, 4) is 0 Å². The first kappa shape index (κ1) is 12.2. The molecule has 0 aliphatic heterocycles. The van der Waals surface area contributed by atoms with Crippen LogP contribution in [-0.4, -0.2) is 4.98 Å². The Hall–Kier alpha value is -0.850. The monoisotopic (exact) mass is 386 g/mol. The molecule has 0 saturated heterocycles. The van der Waals surface area contributed by atoms with Gasteiger partial charge in [0.2, 0.25) is 0 Å². The van der Waals surface area contributed by atoms with Crippen LogP contribution in [0.4, 0.5) is 10.8 Å². The molecule has 0 saturated carbocycles. The van der Waals surface area contributed by atoms with E-state index in [1.807, 2.05) is 30.3 Å². The summed E-state index contributed by atoms with van der Waals surface area (Å²) in [5.41, 5.74) is 2.02. The van der Waals surface area contributed by atoms with Gasteiger partial charge in [-0.3, -0.25) is 0 Å². The Morgan fingerprint density at radius 2 is 2.06 bits per heavy atom. The highest BCUT2D eigenvalue weighted by Gasteiger charge is 2.04. The number of benzene rings is 2. The number of hydrogen-bond acceptors (Lipinski definition) is 3. The van der Waals surface area contributed by atoms with Crippen LogP contribution >= 0.6 is 45.5 Å². The van der Waals surface area contributed by atoms with E-state index >= 15 is 0 Å². The molecular formula is C13H8ClIN2S. The van der Waals surface area contributed by atoms with Gasteiger partial charge in [0, 0.05) is 14.3 Å². The second kappa shape index (κ2) is 5.03. The predicted octanol–water partition coefficient (Wildman–Crippen LogP) is 5.30. The quantitative estimate of drug-likeness (QED) is 0.605. The number of rotatable bonds is 2. The Kier molecular flexibility index (Phi) is 3.41. The van der Waals surface area contributed by atoms with Crippen LogP contribution in [0.3, 0.4) is 0 Å². The molecule has 0 spiro atoms. The van der Waals surface area contributed by atoms with Gasteiger partial charge in [0.1, 0.15) is 0 Å². The number of nitrogens with zero attached hydrogens (tertiary/aromatic N) is 1. The average Bonchev–Trinajstić information content (AvgIpc) is 2.70. The van der Waals surface area contributed by atoms with Crippen LogP contribution in [0.5, 0.6) is 0 Å². The molecule has 3 rings (SSSR count). The van der Waals surface area contributed by atoms with Crippen LogP contribution in [0.1, 0.15) is 0 Å². The number of halogens is 2. The highest BCUT2D eigenvalue weighted by molar-refractivity contribution is 14.1. The minimum atomic E-state index is 0.743. The molecule has 2 aromatic carbocycles. The molecule has 0 aliphatic rings. The lowest BCUT2D eigenvalue weighted by molar-refractivity contribution is 1.44. The van der Waals surface area contributed by atoms with Crippen LogP contribution in [0, 0.1) is 3.57 Å². The summed E-state index contributed by atoms with van der Waals surface area (Å²) in [5.74, 6) is 0. The van der Waals surface area contributed by atoms with E-state index in [9.17, 15) is 0 Å². The van der Waals surface area contributed by atoms with Gasteiger partial charge in [0.25, 0.3) is 0 Å². The number of nitrogens with one attached hydrogen (secondary N) is 1. The number of aromatic nitrogens is 1. The molecular weight excluding hydrogens is 379 g/mol. The molecule has 90 valence electrons. The van der Waals surface area contributed by atoms with Gasteiger partial charge in [0.05, 0.1) is 10.2 Å². The zero-order valence-corrected chi connectivity index (χ0v) is 12.9. The SMILES string of the molecule is Clc1ccc2nc(Nc3cccc(I)c3)sc2c1. The summed E-state index contributed by atoms with van der Waals surface area (Å²) in [6.45, 7) is 0. The highest BCUT2D eigenvalue weighted by Crippen LogP contribution is 2.30.